The quantitative estimate of drug-likeness (QED) is 0.875. The second kappa shape index (κ2) is 7.85. The Morgan fingerprint density at radius 1 is 1.05 bits per heavy atom. The van der Waals surface area contributed by atoms with Crippen molar-refractivity contribution < 1.29 is 0 Å². The van der Waals surface area contributed by atoms with Gasteiger partial charge in [-0.1, -0.05) is 25.5 Å². The van der Waals surface area contributed by atoms with Crippen LogP contribution in [0.25, 0.3) is 0 Å². The maximum atomic E-state index is 4.38. The summed E-state index contributed by atoms with van der Waals surface area (Å²) in [5, 5.41) is 3.32. The molecule has 1 heterocycles. The smallest absolute Gasteiger partial charge is 0.134 e. The number of nitrogens with one attached hydrogen (secondary N) is 1. The molecule has 2 aromatic rings. The van der Waals surface area contributed by atoms with Crippen LogP contribution in [0.4, 0.5) is 11.5 Å². The molecule has 1 N–H and O–H groups in total. The largest absolute Gasteiger partial charge is 0.340 e. The van der Waals surface area contributed by atoms with Gasteiger partial charge in [-0.15, -0.1) is 12.4 Å². The normalized spacial score (nSPS) is 9.95. The summed E-state index contributed by atoms with van der Waals surface area (Å²) in [4.78, 5) is 8.65. The van der Waals surface area contributed by atoms with Crippen LogP contribution in [0.15, 0.2) is 30.3 Å². The number of aromatic nitrogens is 2. The van der Waals surface area contributed by atoms with E-state index >= 15 is 0 Å². The molecule has 0 saturated heterocycles. The lowest BCUT2D eigenvalue weighted by Gasteiger charge is -2.08. The molecule has 2 rings (SSSR count). The van der Waals surface area contributed by atoms with Crippen molar-refractivity contribution in [2.75, 3.05) is 5.32 Å². The zero-order valence-electron chi connectivity index (χ0n) is 12.3. The molecule has 0 fully saturated rings. The lowest BCUT2D eigenvalue weighted by molar-refractivity contribution is 0.795. The summed E-state index contributed by atoms with van der Waals surface area (Å²) in [6, 6.07) is 10.5. The number of nitrogens with zero attached hydrogens (tertiary/aromatic N) is 2. The molecule has 0 aliphatic heterocycles. The molecule has 0 spiro atoms. The lowest BCUT2D eigenvalue weighted by Crippen LogP contribution is -1.98. The van der Waals surface area contributed by atoms with Crippen molar-refractivity contribution in [1.29, 1.82) is 0 Å². The Hall–Kier alpha value is -1.61. The van der Waals surface area contributed by atoms with E-state index in [0.717, 1.165) is 29.4 Å². The second-order valence-corrected chi connectivity index (χ2v) is 4.87. The predicted octanol–water partition coefficient (Wildman–Crippen LogP) is 4.60. The average molecular weight is 292 g/mol. The van der Waals surface area contributed by atoms with Crippen LogP contribution >= 0.6 is 12.4 Å². The first kappa shape index (κ1) is 16.4. The molecule has 108 valence electrons. The third-order valence-electron chi connectivity index (χ3n) is 3.01. The van der Waals surface area contributed by atoms with Gasteiger partial charge in [0, 0.05) is 17.4 Å². The van der Waals surface area contributed by atoms with Crippen molar-refractivity contribution in [2.45, 2.75) is 40.0 Å². The van der Waals surface area contributed by atoms with Gasteiger partial charge in [-0.2, -0.15) is 0 Å². The minimum Gasteiger partial charge on any atom is -0.340 e. The third kappa shape index (κ3) is 4.82. The summed E-state index contributed by atoms with van der Waals surface area (Å²) in [6.07, 6.45) is 3.64. The van der Waals surface area contributed by atoms with Crippen LogP contribution in [0.2, 0.25) is 0 Å². The maximum absolute atomic E-state index is 4.38. The molecule has 1 aromatic heterocycles. The Balaban J connectivity index is 0.00000200. The van der Waals surface area contributed by atoms with Gasteiger partial charge in [0.1, 0.15) is 11.6 Å². The van der Waals surface area contributed by atoms with Gasteiger partial charge in [0.05, 0.1) is 0 Å². The average Bonchev–Trinajstić information content (AvgIpc) is 2.37. The molecule has 20 heavy (non-hydrogen) atoms. The number of halogens is 1. The number of benzene rings is 1. The minimum atomic E-state index is 0. The van der Waals surface area contributed by atoms with Gasteiger partial charge in [-0.05, 0) is 44.4 Å². The molecule has 0 amide bonds. The van der Waals surface area contributed by atoms with Gasteiger partial charge in [0.25, 0.3) is 0 Å². The van der Waals surface area contributed by atoms with Crippen molar-refractivity contribution in [1.82, 2.24) is 9.97 Å². The molecule has 0 aliphatic carbocycles. The van der Waals surface area contributed by atoms with Crippen molar-refractivity contribution in [3.05, 3.63) is 47.4 Å². The highest BCUT2D eigenvalue weighted by Gasteiger charge is 2.00. The van der Waals surface area contributed by atoms with E-state index in [1.165, 1.54) is 18.4 Å². The van der Waals surface area contributed by atoms with Crippen LogP contribution in [0, 0.1) is 13.8 Å². The summed E-state index contributed by atoms with van der Waals surface area (Å²) >= 11 is 0. The molecule has 0 radical (unpaired) electrons. The number of anilines is 2. The monoisotopic (exact) mass is 291 g/mol. The second-order valence-electron chi connectivity index (χ2n) is 4.87. The Morgan fingerprint density at radius 3 is 2.35 bits per heavy atom. The Bertz CT molecular complexity index is 518. The zero-order valence-corrected chi connectivity index (χ0v) is 13.1. The topological polar surface area (TPSA) is 37.8 Å². The van der Waals surface area contributed by atoms with Gasteiger partial charge < -0.3 is 5.32 Å². The minimum absolute atomic E-state index is 0. The predicted molar refractivity (Wildman–Crippen MR) is 87.1 cm³/mol. The molecule has 0 saturated carbocycles. The number of rotatable bonds is 5. The Labute approximate surface area is 127 Å². The van der Waals surface area contributed by atoms with E-state index in [9.17, 15) is 0 Å². The molecule has 0 unspecified atom stereocenters. The highest BCUT2D eigenvalue weighted by molar-refractivity contribution is 5.85. The summed E-state index contributed by atoms with van der Waals surface area (Å²) < 4.78 is 0. The summed E-state index contributed by atoms with van der Waals surface area (Å²) in [7, 11) is 0. The van der Waals surface area contributed by atoms with Gasteiger partial charge in [0.15, 0.2) is 0 Å². The van der Waals surface area contributed by atoms with E-state index in [0.29, 0.717) is 0 Å². The van der Waals surface area contributed by atoms with E-state index in [1.54, 1.807) is 0 Å². The molecule has 0 aliphatic rings. The standard InChI is InChI=1S/C16H21N3.ClH/c1-4-5-6-14-7-9-15(10-8-14)19-16-11-12(2)17-13(3)18-16;/h7-11H,4-6H2,1-3H3,(H,17,18,19);1H. The number of aryl methyl sites for hydroxylation is 3. The Morgan fingerprint density at radius 2 is 1.75 bits per heavy atom. The molecule has 3 nitrogen and oxygen atoms in total. The van der Waals surface area contributed by atoms with Crippen LogP contribution < -0.4 is 5.32 Å². The third-order valence-corrected chi connectivity index (χ3v) is 3.01. The molecule has 0 bridgehead atoms. The Kier molecular flexibility index (Phi) is 6.46. The van der Waals surface area contributed by atoms with E-state index in [4.69, 9.17) is 0 Å². The molecule has 1 aromatic carbocycles. The highest BCUT2D eigenvalue weighted by atomic mass is 35.5. The number of hydrogen-bond acceptors (Lipinski definition) is 3. The summed E-state index contributed by atoms with van der Waals surface area (Å²) in [6.45, 7) is 6.11. The highest BCUT2D eigenvalue weighted by Crippen LogP contribution is 2.17. The molecular weight excluding hydrogens is 270 g/mol. The van der Waals surface area contributed by atoms with E-state index in [1.807, 2.05) is 19.9 Å². The number of unbranched alkanes of at least 4 members (excludes halogenated alkanes) is 1. The van der Waals surface area contributed by atoms with Crippen LogP contribution in [0.1, 0.15) is 36.8 Å². The van der Waals surface area contributed by atoms with Crippen molar-refractivity contribution in [2.24, 2.45) is 0 Å². The van der Waals surface area contributed by atoms with Crippen molar-refractivity contribution in [3.63, 3.8) is 0 Å². The molecule has 0 atom stereocenters. The fourth-order valence-corrected chi connectivity index (χ4v) is 2.06. The van der Waals surface area contributed by atoms with E-state index < -0.39 is 0 Å². The van der Waals surface area contributed by atoms with Gasteiger partial charge in [0.2, 0.25) is 0 Å². The summed E-state index contributed by atoms with van der Waals surface area (Å²) in [5.41, 5.74) is 3.44. The molecular formula is C16H22ClN3. The van der Waals surface area contributed by atoms with Crippen LogP contribution in [0.3, 0.4) is 0 Å². The first-order valence-corrected chi connectivity index (χ1v) is 6.85. The van der Waals surface area contributed by atoms with Gasteiger partial charge in [-0.3, -0.25) is 0 Å². The van der Waals surface area contributed by atoms with Gasteiger partial charge in [-0.25, -0.2) is 9.97 Å². The maximum Gasteiger partial charge on any atom is 0.134 e. The van der Waals surface area contributed by atoms with Gasteiger partial charge >= 0.3 is 0 Å². The zero-order chi connectivity index (χ0) is 13.7. The van der Waals surface area contributed by atoms with E-state index in [-0.39, 0.29) is 12.4 Å². The first-order valence-electron chi connectivity index (χ1n) is 6.85. The lowest BCUT2D eigenvalue weighted by atomic mass is 10.1. The van der Waals surface area contributed by atoms with Crippen molar-refractivity contribution in [3.8, 4) is 0 Å². The fourth-order valence-electron chi connectivity index (χ4n) is 2.06. The van der Waals surface area contributed by atoms with Crippen LogP contribution in [-0.4, -0.2) is 9.97 Å². The summed E-state index contributed by atoms with van der Waals surface area (Å²) in [5.74, 6) is 1.65. The first-order chi connectivity index (χ1) is 9.17. The van der Waals surface area contributed by atoms with Crippen LogP contribution in [-0.2, 0) is 6.42 Å². The number of hydrogen-bond donors (Lipinski definition) is 1. The van der Waals surface area contributed by atoms with E-state index in [2.05, 4.69) is 46.5 Å². The fraction of sp³-hybridized carbons (Fsp3) is 0.375. The SMILES string of the molecule is CCCCc1ccc(Nc2cc(C)nc(C)n2)cc1.Cl. The van der Waals surface area contributed by atoms with Crippen molar-refractivity contribution >= 4 is 23.9 Å². The van der Waals surface area contributed by atoms with Crippen LogP contribution in [0.5, 0.6) is 0 Å². The molecule has 4 heteroatoms.